The third-order valence-corrected chi connectivity index (χ3v) is 6.83. The number of aryl methyl sites for hydroxylation is 2. The Hall–Kier alpha value is -0.350. The summed E-state index contributed by atoms with van der Waals surface area (Å²) >= 11 is 3.79. The minimum absolute atomic E-state index is 0.459. The highest BCUT2D eigenvalue weighted by Crippen LogP contribution is 2.57. The largest absolute Gasteiger partial charge is 0.316 e. The molecule has 2 aliphatic rings. The van der Waals surface area contributed by atoms with Crippen molar-refractivity contribution >= 4 is 15.9 Å². The van der Waals surface area contributed by atoms with Gasteiger partial charge in [-0.15, -0.1) is 0 Å². The maximum Gasteiger partial charge on any atom is 0.0738 e. The molecule has 3 rings (SSSR count). The normalized spacial score (nSPS) is 31.2. The van der Waals surface area contributed by atoms with Crippen LogP contribution in [0.4, 0.5) is 0 Å². The Morgan fingerprint density at radius 2 is 2.19 bits per heavy atom. The van der Waals surface area contributed by atoms with Gasteiger partial charge in [0, 0.05) is 13.1 Å². The first-order chi connectivity index (χ1) is 10.1. The third-order valence-electron chi connectivity index (χ3n) is 5.80. The van der Waals surface area contributed by atoms with Crippen molar-refractivity contribution in [2.24, 2.45) is 17.3 Å². The zero-order chi connectivity index (χ0) is 15.0. The summed E-state index contributed by atoms with van der Waals surface area (Å²) in [5, 5.41) is 8.35. The van der Waals surface area contributed by atoms with Crippen molar-refractivity contribution in [1.29, 1.82) is 0 Å². The summed E-state index contributed by atoms with van der Waals surface area (Å²) in [6.45, 7) is 9.74. The van der Waals surface area contributed by atoms with E-state index < -0.39 is 0 Å². The molecule has 2 aliphatic carbocycles. The van der Waals surface area contributed by atoms with Crippen LogP contribution in [-0.2, 0) is 13.0 Å². The Morgan fingerprint density at radius 3 is 2.76 bits per heavy atom. The molecule has 0 saturated heterocycles. The maximum atomic E-state index is 4.69. The van der Waals surface area contributed by atoms with Crippen LogP contribution in [0.1, 0.15) is 50.9 Å². The second-order valence-corrected chi connectivity index (χ2v) is 7.85. The summed E-state index contributed by atoms with van der Waals surface area (Å²) in [4.78, 5) is 0. The molecule has 3 nitrogen and oxygen atoms in total. The molecule has 21 heavy (non-hydrogen) atoms. The Kier molecular flexibility index (Phi) is 4.47. The first-order valence-electron chi connectivity index (χ1n) is 8.52. The van der Waals surface area contributed by atoms with Gasteiger partial charge in [0.15, 0.2) is 0 Å². The van der Waals surface area contributed by atoms with Gasteiger partial charge in [-0.1, -0.05) is 13.3 Å². The van der Waals surface area contributed by atoms with Crippen LogP contribution in [0.2, 0.25) is 0 Å². The minimum Gasteiger partial charge on any atom is -0.316 e. The molecule has 2 fully saturated rings. The van der Waals surface area contributed by atoms with E-state index in [-0.39, 0.29) is 0 Å². The number of rotatable bonds is 6. The number of nitrogens with zero attached hydrogens (tertiary/aromatic N) is 2. The van der Waals surface area contributed by atoms with E-state index in [4.69, 9.17) is 5.10 Å². The molecule has 1 N–H and O–H groups in total. The van der Waals surface area contributed by atoms with Gasteiger partial charge in [0.2, 0.25) is 0 Å². The molecule has 3 atom stereocenters. The summed E-state index contributed by atoms with van der Waals surface area (Å²) in [5.74, 6) is 1.89. The quantitative estimate of drug-likeness (QED) is 0.839. The Morgan fingerprint density at radius 1 is 1.38 bits per heavy atom. The summed E-state index contributed by atoms with van der Waals surface area (Å²) in [7, 11) is 0. The summed E-state index contributed by atoms with van der Waals surface area (Å²) in [6.07, 6.45) is 6.95. The van der Waals surface area contributed by atoms with Crippen LogP contribution in [-0.4, -0.2) is 22.9 Å². The number of fused-ring (bicyclic) bond motifs is 2. The van der Waals surface area contributed by atoms with Crippen LogP contribution in [0.3, 0.4) is 0 Å². The standard InChI is InChI=1S/C17H28BrN3/c1-4-19-11-17(9-13-6-7-14(17)8-13)10-15-16(18)12(3)20-21(15)5-2/h13-14,19H,4-11H2,1-3H3. The molecule has 1 aromatic heterocycles. The van der Waals surface area contributed by atoms with E-state index in [2.05, 4.69) is 46.7 Å². The van der Waals surface area contributed by atoms with Crippen molar-refractivity contribution in [2.45, 2.75) is 59.4 Å². The smallest absolute Gasteiger partial charge is 0.0738 e. The fourth-order valence-electron chi connectivity index (χ4n) is 4.80. The fourth-order valence-corrected chi connectivity index (χ4v) is 5.22. The van der Waals surface area contributed by atoms with E-state index >= 15 is 0 Å². The summed E-state index contributed by atoms with van der Waals surface area (Å²) < 4.78 is 3.45. The highest BCUT2D eigenvalue weighted by atomic mass is 79.9. The van der Waals surface area contributed by atoms with Crippen molar-refractivity contribution in [2.75, 3.05) is 13.1 Å². The van der Waals surface area contributed by atoms with E-state index in [0.29, 0.717) is 5.41 Å². The molecule has 0 amide bonds. The molecule has 3 unspecified atom stereocenters. The second-order valence-electron chi connectivity index (χ2n) is 7.06. The molecule has 1 aromatic rings. The van der Waals surface area contributed by atoms with Crippen molar-refractivity contribution in [3.8, 4) is 0 Å². The summed E-state index contributed by atoms with van der Waals surface area (Å²) in [6, 6.07) is 0. The molecule has 0 aliphatic heterocycles. The van der Waals surface area contributed by atoms with Crippen LogP contribution in [0.25, 0.3) is 0 Å². The molecule has 0 spiro atoms. The van der Waals surface area contributed by atoms with Gasteiger partial charge in [-0.3, -0.25) is 4.68 Å². The Bertz CT molecular complexity index is 510. The fraction of sp³-hybridized carbons (Fsp3) is 0.824. The van der Waals surface area contributed by atoms with Gasteiger partial charge >= 0.3 is 0 Å². The lowest BCUT2D eigenvalue weighted by atomic mass is 9.70. The highest BCUT2D eigenvalue weighted by Gasteiger charge is 2.50. The molecular formula is C17H28BrN3. The monoisotopic (exact) mass is 353 g/mol. The number of hydrogen-bond acceptors (Lipinski definition) is 2. The van der Waals surface area contributed by atoms with E-state index in [1.807, 2.05) is 0 Å². The molecule has 2 saturated carbocycles. The number of hydrogen-bond donors (Lipinski definition) is 1. The van der Waals surface area contributed by atoms with E-state index in [0.717, 1.165) is 30.6 Å². The van der Waals surface area contributed by atoms with Gasteiger partial charge in [-0.05, 0) is 79.3 Å². The predicted octanol–water partition coefficient (Wildman–Crippen LogP) is 3.93. The highest BCUT2D eigenvalue weighted by molar-refractivity contribution is 9.10. The molecule has 0 aromatic carbocycles. The average Bonchev–Trinajstić information content (AvgIpc) is 3.15. The lowest BCUT2D eigenvalue weighted by Gasteiger charge is -2.38. The first kappa shape index (κ1) is 15.5. The summed E-state index contributed by atoms with van der Waals surface area (Å²) in [5.41, 5.74) is 3.01. The van der Waals surface area contributed by atoms with Gasteiger partial charge < -0.3 is 5.32 Å². The molecular weight excluding hydrogens is 326 g/mol. The third kappa shape index (κ3) is 2.70. The predicted molar refractivity (Wildman–Crippen MR) is 90.5 cm³/mol. The van der Waals surface area contributed by atoms with Gasteiger partial charge in [0.05, 0.1) is 15.9 Å². The van der Waals surface area contributed by atoms with Crippen molar-refractivity contribution in [1.82, 2.24) is 15.1 Å². The van der Waals surface area contributed by atoms with Crippen molar-refractivity contribution in [3.63, 3.8) is 0 Å². The van der Waals surface area contributed by atoms with E-state index in [1.54, 1.807) is 0 Å². The van der Waals surface area contributed by atoms with Gasteiger partial charge in [-0.25, -0.2) is 0 Å². The van der Waals surface area contributed by atoms with Crippen LogP contribution >= 0.6 is 15.9 Å². The Balaban J connectivity index is 1.89. The first-order valence-corrected chi connectivity index (χ1v) is 9.31. The van der Waals surface area contributed by atoms with Crippen molar-refractivity contribution in [3.05, 3.63) is 15.9 Å². The zero-order valence-corrected chi connectivity index (χ0v) is 15.2. The average molecular weight is 354 g/mol. The molecule has 1 heterocycles. The number of aromatic nitrogens is 2. The topological polar surface area (TPSA) is 29.9 Å². The van der Waals surface area contributed by atoms with Crippen LogP contribution in [0, 0.1) is 24.2 Å². The minimum atomic E-state index is 0.459. The second kappa shape index (κ2) is 6.04. The molecule has 2 bridgehead atoms. The molecule has 4 heteroatoms. The lowest BCUT2D eigenvalue weighted by Crippen LogP contribution is -2.41. The van der Waals surface area contributed by atoms with Crippen LogP contribution in [0.15, 0.2) is 4.47 Å². The maximum absolute atomic E-state index is 4.69. The number of nitrogens with one attached hydrogen (secondary N) is 1. The Labute approximate surface area is 137 Å². The van der Waals surface area contributed by atoms with Gasteiger partial charge in [0.25, 0.3) is 0 Å². The van der Waals surface area contributed by atoms with Gasteiger partial charge in [0.1, 0.15) is 0 Å². The van der Waals surface area contributed by atoms with Crippen molar-refractivity contribution < 1.29 is 0 Å². The van der Waals surface area contributed by atoms with E-state index in [1.165, 1.54) is 48.8 Å². The van der Waals surface area contributed by atoms with Crippen LogP contribution < -0.4 is 5.32 Å². The zero-order valence-electron chi connectivity index (χ0n) is 13.6. The van der Waals surface area contributed by atoms with Crippen LogP contribution in [0.5, 0.6) is 0 Å². The molecule has 118 valence electrons. The number of halogens is 1. The lowest BCUT2D eigenvalue weighted by molar-refractivity contribution is 0.153. The van der Waals surface area contributed by atoms with Gasteiger partial charge in [-0.2, -0.15) is 5.10 Å². The SMILES string of the molecule is CCNCC1(Cc2c(Br)c(C)nn2CC)CC2CCC1C2. The van der Waals surface area contributed by atoms with E-state index in [9.17, 15) is 0 Å². The molecule has 0 radical (unpaired) electrons.